The van der Waals surface area contributed by atoms with E-state index in [1.165, 1.54) is 18.1 Å². The van der Waals surface area contributed by atoms with E-state index in [2.05, 4.69) is 4.72 Å². The van der Waals surface area contributed by atoms with Crippen LogP contribution in [0.5, 0.6) is 11.5 Å². The van der Waals surface area contributed by atoms with Gasteiger partial charge in [0.15, 0.2) is 0 Å². The summed E-state index contributed by atoms with van der Waals surface area (Å²) in [5.74, 6) is 0.0957. The van der Waals surface area contributed by atoms with Crippen LogP contribution in [0.2, 0.25) is 0 Å². The second-order valence-electron chi connectivity index (χ2n) is 8.42. The largest absolute Gasteiger partial charge is 0.497 e. The van der Waals surface area contributed by atoms with Crippen molar-refractivity contribution in [3.63, 3.8) is 0 Å². The maximum atomic E-state index is 13.1. The summed E-state index contributed by atoms with van der Waals surface area (Å²) in [5.41, 5.74) is 1.33. The Hall–Kier alpha value is -2.91. The topological polar surface area (TPSA) is 102 Å². The summed E-state index contributed by atoms with van der Waals surface area (Å²) in [4.78, 5) is 26.9. The Morgan fingerprint density at radius 3 is 2.09 bits per heavy atom. The number of ether oxygens (including phenoxy) is 2. The highest BCUT2D eigenvalue weighted by Crippen LogP contribution is 2.39. The molecule has 9 heteroatoms. The molecule has 1 saturated heterocycles. The van der Waals surface area contributed by atoms with Gasteiger partial charge in [-0.2, -0.15) is 0 Å². The maximum Gasteiger partial charge on any atom is 0.244 e. The van der Waals surface area contributed by atoms with Gasteiger partial charge in [-0.1, -0.05) is 31.0 Å². The second kappa shape index (κ2) is 9.52. The number of methoxy groups -OCH3 is 2. The smallest absolute Gasteiger partial charge is 0.244 e. The molecule has 1 saturated carbocycles. The Kier molecular flexibility index (Phi) is 6.71. The molecule has 2 atom stereocenters. The van der Waals surface area contributed by atoms with Crippen molar-refractivity contribution in [3.05, 3.63) is 53.6 Å². The van der Waals surface area contributed by atoms with Crippen molar-refractivity contribution in [3.8, 4) is 11.5 Å². The summed E-state index contributed by atoms with van der Waals surface area (Å²) in [5, 5.41) is 0. The Morgan fingerprint density at radius 2 is 1.52 bits per heavy atom. The summed E-state index contributed by atoms with van der Waals surface area (Å²) in [6, 6.07) is 11.8. The monoisotopic (exact) mass is 472 g/mol. The summed E-state index contributed by atoms with van der Waals surface area (Å²) in [7, 11) is -0.953. The van der Waals surface area contributed by atoms with Gasteiger partial charge in [0.25, 0.3) is 0 Å². The van der Waals surface area contributed by atoms with Gasteiger partial charge in [0.05, 0.1) is 32.6 Å². The molecular weight excluding hydrogens is 444 g/mol. The van der Waals surface area contributed by atoms with Gasteiger partial charge in [-0.25, -0.2) is 13.1 Å². The quantitative estimate of drug-likeness (QED) is 0.593. The van der Waals surface area contributed by atoms with E-state index >= 15 is 0 Å². The number of hydrogen-bond donors (Lipinski definition) is 1. The Bertz CT molecular complexity index is 1120. The summed E-state index contributed by atoms with van der Waals surface area (Å²) >= 11 is 0. The predicted molar refractivity (Wildman–Crippen MR) is 121 cm³/mol. The van der Waals surface area contributed by atoms with Gasteiger partial charge >= 0.3 is 0 Å². The lowest BCUT2D eigenvalue weighted by molar-refractivity contribution is -0.140. The normalized spacial score (nSPS) is 20.6. The molecule has 0 bridgehead atoms. The molecule has 1 aliphatic carbocycles. The minimum atomic E-state index is -3.92. The SMILES string of the molecule is COc1ccc(CNS(=O)(=O)c2cc(CN3C(=O)[C@H]4CCCC[C@H]4C3=O)ccc2OC)cc1. The average Bonchev–Trinajstić information content (AvgIpc) is 3.08. The highest BCUT2D eigenvalue weighted by atomic mass is 32.2. The van der Waals surface area contributed by atoms with Crippen molar-refractivity contribution in [1.29, 1.82) is 0 Å². The van der Waals surface area contributed by atoms with Gasteiger partial charge in [-0.15, -0.1) is 0 Å². The van der Waals surface area contributed by atoms with Crippen molar-refractivity contribution < 1.29 is 27.5 Å². The highest BCUT2D eigenvalue weighted by Gasteiger charge is 2.47. The van der Waals surface area contributed by atoms with Crippen LogP contribution < -0.4 is 14.2 Å². The van der Waals surface area contributed by atoms with Crippen molar-refractivity contribution in [2.24, 2.45) is 11.8 Å². The number of nitrogens with one attached hydrogen (secondary N) is 1. The summed E-state index contributed by atoms with van der Waals surface area (Å²) in [6.45, 7) is 0.141. The van der Waals surface area contributed by atoms with E-state index in [0.717, 1.165) is 31.2 Å². The number of fused-ring (bicyclic) bond motifs is 1. The number of hydrogen-bond acceptors (Lipinski definition) is 6. The second-order valence-corrected chi connectivity index (χ2v) is 10.2. The first kappa shape index (κ1) is 23.3. The summed E-state index contributed by atoms with van der Waals surface area (Å²) < 4.78 is 39.1. The molecule has 33 heavy (non-hydrogen) atoms. The number of amides is 2. The van der Waals surface area contributed by atoms with Crippen LogP contribution in [0.15, 0.2) is 47.4 Å². The maximum absolute atomic E-state index is 13.1. The molecule has 2 aromatic rings. The predicted octanol–water partition coefficient (Wildman–Crippen LogP) is 2.86. The van der Waals surface area contributed by atoms with E-state index in [0.29, 0.717) is 11.3 Å². The molecule has 0 aromatic heterocycles. The molecule has 8 nitrogen and oxygen atoms in total. The standard InChI is InChI=1S/C24H28N2O6S/c1-31-18-10-7-16(8-11-18)14-25-33(29,30)22-13-17(9-12-21(22)32-2)15-26-23(27)19-5-3-4-6-20(19)24(26)28/h7-13,19-20,25H,3-6,14-15H2,1-2H3/t19-,20+. The molecule has 0 unspecified atom stereocenters. The molecular formula is C24H28N2O6S. The fourth-order valence-electron chi connectivity index (χ4n) is 4.60. The molecule has 1 aliphatic heterocycles. The van der Waals surface area contributed by atoms with Crippen LogP contribution in [-0.4, -0.2) is 39.4 Å². The lowest BCUT2D eigenvalue weighted by Crippen LogP contribution is -2.30. The molecule has 0 radical (unpaired) electrons. The Balaban J connectivity index is 1.53. The molecule has 2 aromatic carbocycles. The number of nitrogens with zero attached hydrogens (tertiary/aromatic N) is 1. The molecule has 0 spiro atoms. The molecule has 2 amide bonds. The molecule has 2 aliphatic rings. The number of rotatable bonds is 8. The van der Waals surface area contributed by atoms with Crippen LogP contribution in [-0.2, 0) is 32.7 Å². The van der Waals surface area contributed by atoms with Crippen molar-refractivity contribution in [2.75, 3.05) is 14.2 Å². The van der Waals surface area contributed by atoms with Crippen molar-refractivity contribution >= 4 is 21.8 Å². The first-order valence-corrected chi connectivity index (χ1v) is 12.5. The van der Waals surface area contributed by atoms with Crippen molar-refractivity contribution in [2.45, 2.75) is 43.7 Å². The number of sulfonamides is 1. The van der Waals surface area contributed by atoms with Gasteiger partial charge in [-0.3, -0.25) is 14.5 Å². The van der Waals surface area contributed by atoms with Crippen LogP contribution in [0.4, 0.5) is 0 Å². The number of carbonyl (C=O) groups excluding carboxylic acids is 2. The van der Waals surface area contributed by atoms with Crippen LogP contribution in [0, 0.1) is 11.8 Å². The first-order valence-electron chi connectivity index (χ1n) is 11.0. The molecule has 4 rings (SSSR count). The Morgan fingerprint density at radius 1 is 0.909 bits per heavy atom. The minimum Gasteiger partial charge on any atom is -0.497 e. The number of benzene rings is 2. The average molecular weight is 473 g/mol. The van der Waals surface area contributed by atoms with Gasteiger partial charge in [0.2, 0.25) is 21.8 Å². The fourth-order valence-corrected chi connectivity index (χ4v) is 5.83. The molecule has 176 valence electrons. The van der Waals surface area contributed by atoms with Gasteiger partial charge in [0.1, 0.15) is 16.4 Å². The Labute approximate surface area is 193 Å². The first-order chi connectivity index (χ1) is 15.8. The van der Waals surface area contributed by atoms with E-state index in [1.807, 2.05) is 0 Å². The van der Waals surface area contributed by atoms with Gasteiger partial charge in [-0.05, 0) is 48.2 Å². The molecule has 1 N–H and O–H groups in total. The third-order valence-electron chi connectivity index (χ3n) is 6.42. The summed E-state index contributed by atoms with van der Waals surface area (Å²) in [6.07, 6.45) is 3.39. The highest BCUT2D eigenvalue weighted by molar-refractivity contribution is 7.89. The minimum absolute atomic E-state index is 0.0347. The van der Waals surface area contributed by atoms with E-state index in [4.69, 9.17) is 9.47 Å². The lowest BCUT2D eigenvalue weighted by Gasteiger charge is -2.19. The molecule has 1 heterocycles. The van der Waals surface area contributed by atoms with Crippen LogP contribution in [0.25, 0.3) is 0 Å². The zero-order valence-electron chi connectivity index (χ0n) is 18.7. The third kappa shape index (κ3) is 4.74. The third-order valence-corrected chi connectivity index (χ3v) is 7.84. The fraction of sp³-hybridized carbons (Fsp3) is 0.417. The van der Waals surface area contributed by atoms with Crippen LogP contribution in [0.1, 0.15) is 36.8 Å². The molecule has 2 fully saturated rings. The number of likely N-dealkylation sites (tertiary alicyclic amines) is 1. The van der Waals surface area contributed by atoms with Crippen molar-refractivity contribution in [1.82, 2.24) is 9.62 Å². The van der Waals surface area contributed by atoms with Crippen LogP contribution >= 0.6 is 0 Å². The van der Waals surface area contributed by atoms with E-state index in [9.17, 15) is 18.0 Å². The lowest BCUT2D eigenvalue weighted by atomic mass is 9.81. The van der Waals surface area contributed by atoms with E-state index in [-0.39, 0.29) is 47.4 Å². The van der Waals surface area contributed by atoms with Crippen LogP contribution in [0.3, 0.4) is 0 Å². The zero-order valence-corrected chi connectivity index (χ0v) is 19.6. The van der Waals surface area contributed by atoms with Gasteiger partial charge < -0.3 is 9.47 Å². The number of imide groups is 1. The zero-order chi connectivity index (χ0) is 23.6. The number of carbonyl (C=O) groups is 2. The van der Waals surface area contributed by atoms with Gasteiger partial charge in [0, 0.05) is 6.54 Å². The van der Waals surface area contributed by atoms with E-state index in [1.54, 1.807) is 43.5 Å². The van der Waals surface area contributed by atoms with E-state index < -0.39 is 10.0 Å².